The SMILES string of the molecule is CCOC(=O)Cc1ccccc1OCc1cc(-c2cccc3c2CC=C3[N+](=O)[O-])c2occc2c1. The Labute approximate surface area is 201 Å². The van der Waals surface area contributed by atoms with Gasteiger partial charge in [-0.05, 0) is 66.4 Å². The molecule has 176 valence electrons. The lowest BCUT2D eigenvalue weighted by Gasteiger charge is -2.14. The van der Waals surface area contributed by atoms with Crippen LogP contribution in [0, 0.1) is 10.1 Å². The van der Waals surface area contributed by atoms with Crippen molar-refractivity contribution >= 4 is 22.6 Å². The average Bonchev–Trinajstić information content (AvgIpc) is 3.50. The van der Waals surface area contributed by atoms with Crippen LogP contribution in [0.25, 0.3) is 27.8 Å². The van der Waals surface area contributed by atoms with E-state index in [4.69, 9.17) is 13.9 Å². The van der Waals surface area contributed by atoms with Gasteiger partial charge in [-0.3, -0.25) is 14.9 Å². The number of esters is 1. The van der Waals surface area contributed by atoms with E-state index in [2.05, 4.69) is 0 Å². The first kappa shape index (κ1) is 22.4. The van der Waals surface area contributed by atoms with E-state index in [-0.39, 0.29) is 29.6 Å². The Kier molecular flexibility index (Phi) is 6.06. The van der Waals surface area contributed by atoms with Crippen LogP contribution in [0.4, 0.5) is 0 Å². The van der Waals surface area contributed by atoms with Gasteiger partial charge in [0.05, 0.1) is 29.8 Å². The summed E-state index contributed by atoms with van der Waals surface area (Å²) in [6.07, 6.45) is 3.92. The van der Waals surface area contributed by atoms with Gasteiger partial charge in [0.15, 0.2) is 0 Å². The van der Waals surface area contributed by atoms with Crippen molar-refractivity contribution in [3.05, 3.63) is 105 Å². The summed E-state index contributed by atoms with van der Waals surface area (Å²) in [7, 11) is 0. The maximum absolute atomic E-state index is 12.0. The summed E-state index contributed by atoms with van der Waals surface area (Å²) in [5, 5.41) is 12.4. The van der Waals surface area contributed by atoms with Gasteiger partial charge in [0.25, 0.3) is 5.70 Å². The highest BCUT2D eigenvalue weighted by molar-refractivity contribution is 5.95. The normalized spacial score (nSPS) is 12.3. The van der Waals surface area contributed by atoms with Gasteiger partial charge >= 0.3 is 5.97 Å². The van der Waals surface area contributed by atoms with E-state index >= 15 is 0 Å². The molecular weight excluding hydrogens is 446 g/mol. The van der Waals surface area contributed by atoms with E-state index in [1.807, 2.05) is 54.6 Å². The van der Waals surface area contributed by atoms with Crippen LogP contribution < -0.4 is 4.74 Å². The average molecular weight is 469 g/mol. The summed E-state index contributed by atoms with van der Waals surface area (Å²) in [6, 6.07) is 18.9. The topological polar surface area (TPSA) is 91.8 Å². The van der Waals surface area contributed by atoms with Crippen molar-refractivity contribution in [2.45, 2.75) is 26.4 Å². The van der Waals surface area contributed by atoms with Crippen molar-refractivity contribution in [1.29, 1.82) is 0 Å². The maximum atomic E-state index is 12.0. The second-order valence-electron chi connectivity index (χ2n) is 8.24. The molecule has 0 radical (unpaired) electrons. The van der Waals surface area contributed by atoms with Crippen LogP contribution >= 0.6 is 0 Å². The summed E-state index contributed by atoms with van der Waals surface area (Å²) < 4.78 is 17.0. The minimum Gasteiger partial charge on any atom is -0.489 e. The van der Waals surface area contributed by atoms with Crippen molar-refractivity contribution in [3.63, 3.8) is 0 Å². The fraction of sp³-hybridized carbons (Fsp3) is 0.179. The van der Waals surface area contributed by atoms with Crippen LogP contribution in [0.5, 0.6) is 5.75 Å². The van der Waals surface area contributed by atoms with Crippen LogP contribution in [-0.4, -0.2) is 17.5 Å². The van der Waals surface area contributed by atoms with Gasteiger partial charge in [0.1, 0.15) is 17.9 Å². The summed E-state index contributed by atoms with van der Waals surface area (Å²) in [4.78, 5) is 23.1. The number of hydrogen-bond acceptors (Lipinski definition) is 6. The fourth-order valence-corrected chi connectivity index (χ4v) is 4.53. The Hall–Kier alpha value is -4.39. The van der Waals surface area contributed by atoms with Crippen LogP contribution in [0.3, 0.4) is 0 Å². The van der Waals surface area contributed by atoms with Gasteiger partial charge in [-0.25, -0.2) is 0 Å². The number of carbonyl (C=O) groups is 1. The number of furan rings is 1. The first-order valence-corrected chi connectivity index (χ1v) is 11.4. The Bertz CT molecular complexity index is 1470. The Balaban J connectivity index is 1.47. The maximum Gasteiger partial charge on any atom is 0.310 e. The lowest BCUT2D eigenvalue weighted by Crippen LogP contribution is -2.09. The summed E-state index contributed by atoms with van der Waals surface area (Å²) in [5.41, 5.74) is 5.85. The predicted molar refractivity (Wildman–Crippen MR) is 131 cm³/mol. The highest BCUT2D eigenvalue weighted by Crippen LogP contribution is 2.39. The highest BCUT2D eigenvalue weighted by atomic mass is 16.6. The number of ether oxygens (including phenoxy) is 2. The molecule has 0 bridgehead atoms. The van der Waals surface area contributed by atoms with Gasteiger partial charge in [-0.2, -0.15) is 0 Å². The zero-order chi connectivity index (χ0) is 24.4. The zero-order valence-electron chi connectivity index (χ0n) is 19.2. The standard InChI is InChI=1S/C28H23NO6/c1-2-33-27(30)16-19-6-3-4-9-26(19)35-17-18-14-20-12-13-34-28(20)24(15-18)21-7-5-8-23-22(21)10-11-25(23)29(31)32/h3-9,11-15H,2,10,16-17H2,1H3. The number of benzene rings is 3. The molecule has 0 N–H and O–H groups in total. The van der Waals surface area contributed by atoms with Gasteiger partial charge in [-0.15, -0.1) is 0 Å². The van der Waals surface area contributed by atoms with Crippen molar-refractivity contribution < 1.29 is 23.6 Å². The number of hydrogen-bond donors (Lipinski definition) is 0. The van der Waals surface area contributed by atoms with Crippen LogP contribution in [0.1, 0.15) is 29.2 Å². The number of nitrogens with zero attached hydrogens (tertiary/aromatic N) is 1. The predicted octanol–water partition coefficient (Wildman–Crippen LogP) is 5.96. The van der Waals surface area contributed by atoms with Gasteiger partial charge in [-0.1, -0.05) is 30.3 Å². The zero-order valence-corrected chi connectivity index (χ0v) is 19.2. The third-order valence-electron chi connectivity index (χ3n) is 6.06. The van der Waals surface area contributed by atoms with Gasteiger partial charge in [0.2, 0.25) is 0 Å². The third-order valence-corrected chi connectivity index (χ3v) is 6.06. The molecule has 5 rings (SSSR count). The molecule has 35 heavy (non-hydrogen) atoms. The number of carbonyl (C=O) groups excluding carboxylic acids is 1. The van der Waals surface area contributed by atoms with E-state index in [1.165, 1.54) is 0 Å². The largest absolute Gasteiger partial charge is 0.489 e. The van der Waals surface area contributed by atoms with Crippen LogP contribution in [-0.2, 0) is 29.0 Å². The van der Waals surface area contributed by atoms with E-state index < -0.39 is 0 Å². The molecule has 0 fully saturated rings. The molecule has 0 aliphatic heterocycles. The monoisotopic (exact) mass is 469 g/mol. The van der Waals surface area contributed by atoms with Crippen LogP contribution in [0.2, 0.25) is 0 Å². The van der Waals surface area contributed by atoms with E-state index in [9.17, 15) is 14.9 Å². The Morgan fingerprint density at radius 3 is 2.71 bits per heavy atom. The first-order chi connectivity index (χ1) is 17.0. The molecule has 0 amide bonds. The summed E-state index contributed by atoms with van der Waals surface area (Å²) in [6.45, 7) is 2.39. The number of fused-ring (bicyclic) bond motifs is 2. The molecule has 0 spiro atoms. The molecule has 0 atom stereocenters. The molecule has 0 unspecified atom stereocenters. The molecule has 3 aromatic carbocycles. The second kappa shape index (κ2) is 9.46. The number of nitro groups is 1. The molecule has 1 aliphatic rings. The molecule has 1 aromatic heterocycles. The molecular formula is C28H23NO6. The molecule has 7 heteroatoms. The molecule has 1 aliphatic carbocycles. The minimum absolute atomic E-state index is 0.134. The van der Waals surface area contributed by atoms with E-state index in [0.717, 1.165) is 38.8 Å². The summed E-state index contributed by atoms with van der Waals surface area (Å²) >= 11 is 0. The molecule has 1 heterocycles. The van der Waals surface area contributed by atoms with E-state index in [1.54, 1.807) is 25.3 Å². The van der Waals surface area contributed by atoms with Gasteiger partial charge in [0, 0.05) is 16.5 Å². The number of allylic oxidation sites excluding steroid dienone is 1. The quantitative estimate of drug-likeness (QED) is 0.180. The molecule has 0 saturated heterocycles. The molecule has 7 nitrogen and oxygen atoms in total. The van der Waals surface area contributed by atoms with Crippen molar-refractivity contribution in [2.75, 3.05) is 6.61 Å². The minimum atomic E-state index is -0.337. The van der Waals surface area contributed by atoms with Crippen molar-refractivity contribution in [1.82, 2.24) is 0 Å². The Morgan fingerprint density at radius 2 is 1.89 bits per heavy atom. The third kappa shape index (κ3) is 4.40. The second-order valence-corrected chi connectivity index (χ2v) is 8.24. The van der Waals surface area contributed by atoms with Gasteiger partial charge < -0.3 is 13.9 Å². The number of para-hydroxylation sites is 1. The Morgan fingerprint density at radius 1 is 1.06 bits per heavy atom. The van der Waals surface area contributed by atoms with Crippen molar-refractivity contribution in [3.8, 4) is 16.9 Å². The smallest absolute Gasteiger partial charge is 0.310 e. The summed E-state index contributed by atoms with van der Waals surface area (Å²) in [5.74, 6) is 0.320. The molecule has 0 saturated carbocycles. The highest BCUT2D eigenvalue weighted by Gasteiger charge is 2.26. The molecule has 4 aromatic rings. The van der Waals surface area contributed by atoms with Crippen molar-refractivity contribution in [2.24, 2.45) is 0 Å². The van der Waals surface area contributed by atoms with E-state index in [0.29, 0.717) is 24.3 Å². The lowest BCUT2D eigenvalue weighted by molar-refractivity contribution is -0.375. The lowest BCUT2D eigenvalue weighted by atomic mass is 9.93. The first-order valence-electron chi connectivity index (χ1n) is 11.4. The number of rotatable bonds is 8. The van der Waals surface area contributed by atoms with Crippen LogP contribution in [0.15, 0.2) is 77.4 Å². The fourth-order valence-electron chi connectivity index (χ4n) is 4.53.